The number of aliphatic imine (C=N–C) groups is 1. The number of ether oxygens (including phenoxy) is 1. The molecule has 1 aliphatic carbocycles. The smallest absolute Gasteiger partial charge is 0.326 e. The van der Waals surface area contributed by atoms with E-state index < -0.39 is 5.82 Å². The number of rotatable bonds is 5. The quantitative estimate of drug-likeness (QED) is 0.586. The summed E-state index contributed by atoms with van der Waals surface area (Å²) in [5, 5.41) is 9.57. The third-order valence-electron chi connectivity index (χ3n) is 6.40. The van der Waals surface area contributed by atoms with Crippen molar-refractivity contribution in [3.8, 4) is 11.8 Å². The molecule has 0 atom stereocenters. The third-order valence-corrected chi connectivity index (χ3v) is 6.40. The van der Waals surface area contributed by atoms with E-state index in [2.05, 4.69) is 40.3 Å². The van der Waals surface area contributed by atoms with Gasteiger partial charge in [-0.1, -0.05) is 17.7 Å². The monoisotopic (exact) mass is 487 g/mol. The first-order valence-corrected chi connectivity index (χ1v) is 11.9. The van der Waals surface area contributed by atoms with E-state index in [0.717, 1.165) is 42.1 Å². The fraction of sp³-hybridized carbons (Fsp3) is 0.320. The molecule has 0 amide bonds. The molecule has 4 heterocycles. The minimum Gasteiger partial charge on any atom is -0.421 e. The zero-order valence-corrected chi connectivity index (χ0v) is 20.1. The van der Waals surface area contributed by atoms with Crippen LogP contribution in [0, 0.1) is 5.82 Å². The molecule has 0 unspecified atom stereocenters. The highest BCUT2D eigenvalue weighted by atomic mass is 19.1. The Morgan fingerprint density at radius 1 is 1.03 bits per heavy atom. The van der Waals surface area contributed by atoms with Crippen LogP contribution in [0.15, 0.2) is 53.1 Å². The first kappa shape index (κ1) is 22.2. The second-order valence-electron chi connectivity index (χ2n) is 9.19. The molecule has 1 fully saturated rings. The lowest BCUT2D eigenvalue weighted by atomic mass is 10.1. The first-order chi connectivity index (χ1) is 17.5. The van der Waals surface area contributed by atoms with Gasteiger partial charge in [0.05, 0.1) is 19.6 Å². The summed E-state index contributed by atoms with van der Waals surface area (Å²) < 4.78 is 21.2. The van der Waals surface area contributed by atoms with Gasteiger partial charge in [0.1, 0.15) is 30.1 Å². The molecule has 1 saturated heterocycles. The highest BCUT2D eigenvalue weighted by Gasteiger charge is 2.23. The Hall–Kier alpha value is -4.28. The summed E-state index contributed by atoms with van der Waals surface area (Å²) >= 11 is 0. The second-order valence-corrected chi connectivity index (χ2v) is 9.19. The number of hydrogen-bond donors (Lipinski definition) is 1. The van der Waals surface area contributed by atoms with Gasteiger partial charge in [-0.15, -0.1) is 5.10 Å². The van der Waals surface area contributed by atoms with Crippen LogP contribution in [0.5, 0.6) is 11.8 Å². The second kappa shape index (κ2) is 9.06. The van der Waals surface area contributed by atoms with E-state index >= 15 is 4.39 Å². The third kappa shape index (κ3) is 4.39. The molecule has 1 aromatic carbocycles. The van der Waals surface area contributed by atoms with Gasteiger partial charge >= 0.3 is 6.01 Å². The average Bonchev–Trinajstić information content (AvgIpc) is 3.63. The number of nitrogens with zero attached hydrogens (tertiary/aromatic N) is 8. The summed E-state index contributed by atoms with van der Waals surface area (Å²) in [7, 11) is 0. The van der Waals surface area contributed by atoms with Crippen LogP contribution in [0.1, 0.15) is 25.0 Å². The van der Waals surface area contributed by atoms with Crippen LogP contribution >= 0.6 is 0 Å². The molecule has 0 spiro atoms. The minimum absolute atomic E-state index is 0.0746. The van der Waals surface area contributed by atoms with Crippen molar-refractivity contribution >= 4 is 23.5 Å². The van der Waals surface area contributed by atoms with Crippen LogP contribution in [0.2, 0.25) is 0 Å². The molecule has 11 heteroatoms. The van der Waals surface area contributed by atoms with Gasteiger partial charge in [-0.25, -0.2) is 9.37 Å². The topological polar surface area (TPSA) is 96.6 Å². The van der Waals surface area contributed by atoms with Crippen molar-refractivity contribution in [1.29, 1.82) is 0 Å². The van der Waals surface area contributed by atoms with Crippen molar-refractivity contribution in [1.82, 2.24) is 24.8 Å². The summed E-state index contributed by atoms with van der Waals surface area (Å²) in [5.41, 5.74) is 3.82. The molecule has 1 N–H and O–H groups in total. The molecule has 184 valence electrons. The molecule has 2 aromatic heterocycles. The van der Waals surface area contributed by atoms with Gasteiger partial charge in [0, 0.05) is 24.7 Å². The van der Waals surface area contributed by atoms with E-state index in [4.69, 9.17) is 4.74 Å². The molecule has 2 aliphatic heterocycles. The largest absolute Gasteiger partial charge is 0.421 e. The Bertz CT molecular complexity index is 1390. The number of halogens is 1. The number of benzene rings is 1. The lowest BCUT2D eigenvalue weighted by Gasteiger charge is -2.35. The van der Waals surface area contributed by atoms with Crippen LogP contribution in [0.3, 0.4) is 0 Å². The number of piperazine rings is 1. The highest BCUT2D eigenvalue weighted by molar-refractivity contribution is 6.05. The summed E-state index contributed by atoms with van der Waals surface area (Å²) in [6, 6.07) is 5.49. The standard InChI is InChI=1S/C25H26FN9O/c1-16-9-18-3-4-20(24(26)19(18)10-16)36-25-31-22(30-21-11-17(2)13-28-21)12-23(32-25)33-5-7-34(8-6-33)35-15-27-14-29-35/h3-4,10-12,14-15H,5-9,13H2,1-2H3,(H,28,30,31,32). The maximum atomic E-state index is 15.2. The molecular formula is C25H26FN9O. The van der Waals surface area contributed by atoms with Crippen molar-refractivity contribution in [2.45, 2.75) is 20.3 Å². The Kier molecular flexibility index (Phi) is 5.59. The van der Waals surface area contributed by atoms with E-state index in [1.165, 1.54) is 6.33 Å². The predicted octanol–water partition coefficient (Wildman–Crippen LogP) is 3.19. The van der Waals surface area contributed by atoms with E-state index in [1.54, 1.807) is 17.2 Å². The van der Waals surface area contributed by atoms with Gasteiger partial charge < -0.3 is 15.0 Å². The number of hydrogen-bond acceptors (Lipinski definition) is 9. The Morgan fingerprint density at radius 3 is 2.64 bits per heavy atom. The number of amidine groups is 1. The normalized spacial score (nSPS) is 17.0. The van der Waals surface area contributed by atoms with Crippen LogP contribution in [0.4, 0.5) is 16.0 Å². The molecule has 6 rings (SSSR count). The highest BCUT2D eigenvalue weighted by Crippen LogP contribution is 2.34. The number of nitrogens with one attached hydrogen (secondary N) is 1. The summed E-state index contributed by atoms with van der Waals surface area (Å²) in [5.74, 6) is 1.66. The van der Waals surface area contributed by atoms with Crippen LogP contribution in [-0.4, -0.2) is 63.4 Å². The van der Waals surface area contributed by atoms with E-state index in [0.29, 0.717) is 36.8 Å². The van der Waals surface area contributed by atoms with Gasteiger partial charge in [0.2, 0.25) is 0 Å². The fourth-order valence-corrected chi connectivity index (χ4v) is 4.60. The van der Waals surface area contributed by atoms with Gasteiger partial charge in [0.15, 0.2) is 11.6 Å². The number of aromatic nitrogens is 5. The molecule has 3 aliphatic rings. The zero-order chi connectivity index (χ0) is 24.6. The van der Waals surface area contributed by atoms with Crippen LogP contribution in [0.25, 0.3) is 6.08 Å². The van der Waals surface area contributed by atoms with Crippen molar-refractivity contribution in [3.05, 3.63) is 65.0 Å². The van der Waals surface area contributed by atoms with Crippen molar-refractivity contribution < 1.29 is 9.13 Å². The predicted molar refractivity (Wildman–Crippen MR) is 136 cm³/mol. The molecule has 3 aromatic rings. The average molecular weight is 488 g/mol. The van der Waals surface area contributed by atoms with Gasteiger partial charge in [-0.2, -0.15) is 14.8 Å². The van der Waals surface area contributed by atoms with E-state index in [1.807, 2.05) is 38.1 Å². The SMILES string of the molecule is CC1=CC(Nc2cc(N3CCN(n4cncn4)CC3)nc(Oc3ccc4c(c3F)C=C(C)C4)n2)=NC1. The maximum absolute atomic E-state index is 15.2. The van der Waals surface area contributed by atoms with Crippen molar-refractivity contribution in [3.63, 3.8) is 0 Å². The van der Waals surface area contributed by atoms with E-state index in [9.17, 15) is 0 Å². The summed E-state index contributed by atoms with van der Waals surface area (Å²) in [6.07, 6.45) is 7.81. The number of fused-ring (bicyclic) bond motifs is 1. The molecular weight excluding hydrogens is 461 g/mol. The lowest BCUT2D eigenvalue weighted by Crippen LogP contribution is -2.51. The first-order valence-electron chi connectivity index (χ1n) is 11.9. The Balaban J connectivity index is 1.28. The molecule has 0 bridgehead atoms. The molecule has 36 heavy (non-hydrogen) atoms. The van der Waals surface area contributed by atoms with Crippen LogP contribution in [-0.2, 0) is 6.42 Å². The van der Waals surface area contributed by atoms with Crippen molar-refractivity contribution in [2.24, 2.45) is 4.99 Å². The minimum atomic E-state index is -0.395. The van der Waals surface area contributed by atoms with Gasteiger partial charge in [-0.05, 0) is 43.5 Å². The Labute approximate surface area is 207 Å². The maximum Gasteiger partial charge on any atom is 0.326 e. The van der Waals surface area contributed by atoms with E-state index in [-0.39, 0.29) is 11.8 Å². The molecule has 10 nitrogen and oxygen atoms in total. The fourth-order valence-electron chi connectivity index (χ4n) is 4.60. The lowest BCUT2D eigenvalue weighted by molar-refractivity contribution is 0.410. The number of anilines is 2. The summed E-state index contributed by atoms with van der Waals surface area (Å²) in [4.78, 5) is 21.6. The molecule has 0 radical (unpaired) electrons. The zero-order valence-electron chi connectivity index (χ0n) is 20.1. The van der Waals surface area contributed by atoms with Crippen molar-refractivity contribution in [2.75, 3.05) is 47.9 Å². The van der Waals surface area contributed by atoms with Crippen LogP contribution < -0.4 is 20.0 Å². The number of allylic oxidation sites excluding steroid dienone is 1. The Morgan fingerprint density at radius 2 is 1.89 bits per heavy atom. The summed E-state index contributed by atoms with van der Waals surface area (Å²) in [6.45, 7) is 7.59. The van der Waals surface area contributed by atoms with Gasteiger partial charge in [0.25, 0.3) is 0 Å². The molecule has 0 saturated carbocycles. The van der Waals surface area contributed by atoms with Gasteiger partial charge in [-0.3, -0.25) is 10.0 Å².